The maximum Gasteiger partial charge on any atom is 0.120 e. The second kappa shape index (κ2) is 7.95. The van der Waals surface area contributed by atoms with Crippen LogP contribution in [0.2, 0.25) is 0 Å². The molecule has 0 saturated carbocycles. The second-order valence-electron chi connectivity index (χ2n) is 5.44. The van der Waals surface area contributed by atoms with Gasteiger partial charge in [0.25, 0.3) is 0 Å². The lowest BCUT2D eigenvalue weighted by Gasteiger charge is -2.29. The van der Waals surface area contributed by atoms with Gasteiger partial charge in [-0.15, -0.1) is 0 Å². The van der Waals surface area contributed by atoms with Crippen molar-refractivity contribution >= 4 is 0 Å². The first kappa shape index (κ1) is 14.9. The molecular weight excluding hydrogens is 250 g/mol. The zero-order chi connectivity index (χ0) is 14.2. The van der Waals surface area contributed by atoms with E-state index in [0.717, 1.165) is 24.0 Å². The Hall–Kier alpha value is -1.48. The first-order chi connectivity index (χ1) is 9.78. The summed E-state index contributed by atoms with van der Waals surface area (Å²) in [5, 5.41) is 0. The predicted molar refractivity (Wildman–Crippen MR) is 82.5 cm³/mol. The highest BCUT2D eigenvalue weighted by atomic mass is 16.5. The van der Waals surface area contributed by atoms with E-state index < -0.39 is 0 Å². The monoisotopic (exact) mass is 275 g/mol. The van der Waals surface area contributed by atoms with E-state index >= 15 is 0 Å². The van der Waals surface area contributed by atoms with Crippen molar-refractivity contribution in [2.75, 3.05) is 33.4 Å². The number of ether oxygens (including phenoxy) is 2. The minimum absolute atomic E-state index is 0.622. The van der Waals surface area contributed by atoms with Crippen molar-refractivity contribution < 1.29 is 9.47 Å². The molecule has 20 heavy (non-hydrogen) atoms. The van der Waals surface area contributed by atoms with Crippen LogP contribution in [-0.2, 0) is 0 Å². The van der Waals surface area contributed by atoms with Gasteiger partial charge in [0.2, 0.25) is 0 Å². The van der Waals surface area contributed by atoms with Crippen LogP contribution in [0.5, 0.6) is 11.5 Å². The molecule has 0 N–H and O–H groups in total. The Morgan fingerprint density at radius 3 is 2.40 bits per heavy atom. The number of nitrogens with zero attached hydrogens (tertiary/aromatic N) is 1. The molecule has 0 atom stereocenters. The second-order valence-corrected chi connectivity index (χ2v) is 5.44. The molecular formula is C17H25NO2. The minimum Gasteiger partial charge on any atom is -0.497 e. The zero-order valence-corrected chi connectivity index (χ0v) is 12.5. The maximum absolute atomic E-state index is 5.65. The molecule has 1 aliphatic rings. The maximum atomic E-state index is 5.65. The van der Waals surface area contributed by atoms with Crippen molar-refractivity contribution in [1.29, 1.82) is 0 Å². The molecule has 1 aliphatic heterocycles. The predicted octanol–water partition coefficient (Wildman–Crippen LogP) is 3.36. The quantitative estimate of drug-likeness (QED) is 0.743. The van der Waals surface area contributed by atoms with Crippen molar-refractivity contribution in [1.82, 2.24) is 4.90 Å². The Morgan fingerprint density at radius 2 is 1.75 bits per heavy atom. The van der Waals surface area contributed by atoms with Gasteiger partial charge in [-0.2, -0.15) is 0 Å². The van der Waals surface area contributed by atoms with Gasteiger partial charge in [0.1, 0.15) is 18.1 Å². The number of benzene rings is 1. The van der Waals surface area contributed by atoms with Gasteiger partial charge in [-0.25, -0.2) is 0 Å². The SMILES string of the molecule is COc1ccc(OCC=CCN2CCC(C)CC2)cc1. The van der Waals surface area contributed by atoms with Gasteiger partial charge < -0.3 is 9.47 Å². The first-order valence-corrected chi connectivity index (χ1v) is 7.42. The minimum atomic E-state index is 0.622. The normalized spacial score (nSPS) is 17.5. The Kier molecular flexibility index (Phi) is 5.93. The van der Waals surface area contributed by atoms with Crippen molar-refractivity contribution in [3.8, 4) is 11.5 Å². The van der Waals surface area contributed by atoms with Gasteiger partial charge in [0.15, 0.2) is 0 Å². The number of piperidine rings is 1. The van der Waals surface area contributed by atoms with Gasteiger partial charge in [-0.3, -0.25) is 4.90 Å². The molecule has 1 aromatic carbocycles. The third kappa shape index (κ3) is 4.89. The lowest BCUT2D eigenvalue weighted by molar-refractivity contribution is 0.210. The van der Waals surface area contributed by atoms with Crippen LogP contribution >= 0.6 is 0 Å². The van der Waals surface area contributed by atoms with Crippen molar-refractivity contribution in [2.45, 2.75) is 19.8 Å². The summed E-state index contributed by atoms with van der Waals surface area (Å²) < 4.78 is 10.8. The van der Waals surface area contributed by atoms with Crippen LogP contribution in [0.3, 0.4) is 0 Å². The number of hydrogen-bond acceptors (Lipinski definition) is 3. The molecule has 0 unspecified atom stereocenters. The van der Waals surface area contributed by atoms with Crippen LogP contribution in [0.15, 0.2) is 36.4 Å². The summed E-state index contributed by atoms with van der Waals surface area (Å²) in [6.45, 7) is 6.46. The molecule has 3 heteroatoms. The van der Waals surface area contributed by atoms with Crippen LogP contribution in [0.4, 0.5) is 0 Å². The summed E-state index contributed by atoms with van der Waals surface area (Å²) in [6, 6.07) is 7.68. The summed E-state index contributed by atoms with van der Waals surface area (Å²) >= 11 is 0. The van der Waals surface area contributed by atoms with Gasteiger partial charge in [-0.05, 0) is 56.1 Å². The van der Waals surface area contributed by atoms with Crippen molar-refractivity contribution in [2.24, 2.45) is 5.92 Å². The molecule has 0 aromatic heterocycles. The average Bonchev–Trinajstić information content (AvgIpc) is 2.49. The Morgan fingerprint density at radius 1 is 1.10 bits per heavy atom. The number of likely N-dealkylation sites (tertiary alicyclic amines) is 1. The lowest BCUT2D eigenvalue weighted by atomic mass is 9.99. The third-order valence-electron chi connectivity index (χ3n) is 3.81. The number of rotatable bonds is 6. The van der Waals surface area contributed by atoms with E-state index in [4.69, 9.17) is 9.47 Å². The summed E-state index contributed by atoms with van der Waals surface area (Å²) in [5.41, 5.74) is 0. The van der Waals surface area contributed by atoms with Crippen LogP contribution in [-0.4, -0.2) is 38.3 Å². The average molecular weight is 275 g/mol. The molecule has 3 nitrogen and oxygen atoms in total. The van der Waals surface area contributed by atoms with E-state index in [1.54, 1.807) is 7.11 Å². The topological polar surface area (TPSA) is 21.7 Å². The Balaban J connectivity index is 1.63. The van der Waals surface area contributed by atoms with Crippen molar-refractivity contribution in [3.05, 3.63) is 36.4 Å². The van der Waals surface area contributed by atoms with E-state index in [1.165, 1.54) is 25.9 Å². The van der Waals surface area contributed by atoms with Crippen LogP contribution in [0.25, 0.3) is 0 Å². The van der Waals surface area contributed by atoms with E-state index in [9.17, 15) is 0 Å². The molecule has 1 heterocycles. The molecule has 0 aliphatic carbocycles. The highest BCUT2D eigenvalue weighted by molar-refractivity contribution is 5.31. The summed E-state index contributed by atoms with van der Waals surface area (Å²) in [6.07, 6.45) is 6.97. The third-order valence-corrected chi connectivity index (χ3v) is 3.81. The van der Waals surface area contributed by atoms with E-state index in [0.29, 0.717) is 6.61 Å². The summed E-state index contributed by atoms with van der Waals surface area (Å²) in [5.74, 6) is 2.63. The molecule has 1 fully saturated rings. The van der Waals surface area contributed by atoms with Crippen molar-refractivity contribution in [3.63, 3.8) is 0 Å². The Labute approximate surface area is 122 Å². The van der Waals surface area contributed by atoms with Crippen LogP contribution in [0.1, 0.15) is 19.8 Å². The summed E-state index contributed by atoms with van der Waals surface area (Å²) in [7, 11) is 1.67. The van der Waals surface area contributed by atoms with Crippen LogP contribution < -0.4 is 9.47 Å². The summed E-state index contributed by atoms with van der Waals surface area (Å²) in [4.78, 5) is 2.50. The number of methoxy groups -OCH3 is 1. The molecule has 1 aromatic rings. The lowest BCUT2D eigenvalue weighted by Crippen LogP contribution is -2.32. The van der Waals surface area contributed by atoms with E-state index in [2.05, 4.69) is 24.0 Å². The fraction of sp³-hybridized carbons (Fsp3) is 0.529. The van der Waals surface area contributed by atoms with E-state index in [-0.39, 0.29) is 0 Å². The largest absolute Gasteiger partial charge is 0.497 e. The molecule has 0 bridgehead atoms. The van der Waals surface area contributed by atoms with E-state index in [1.807, 2.05) is 24.3 Å². The van der Waals surface area contributed by atoms with Gasteiger partial charge in [-0.1, -0.05) is 19.1 Å². The number of hydrogen-bond donors (Lipinski definition) is 0. The molecule has 110 valence electrons. The van der Waals surface area contributed by atoms with Gasteiger partial charge in [0.05, 0.1) is 7.11 Å². The fourth-order valence-corrected chi connectivity index (χ4v) is 2.35. The standard InChI is InChI=1S/C17H25NO2/c1-15-9-12-18(13-10-15)11-3-4-14-20-17-7-5-16(19-2)6-8-17/h3-8,15H,9-14H2,1-2H3. The highest BCUT2D eigenvalue weighted by Gasteiger charge is 2.13. The fourth-order valence-electron chi connectivity index (χ4n) is 2.35. The van der Waals surface area contributed by atoms with Crippen LogP contribution in [0, 0.1) is 5.92 Å². The molecule has 0 radical (unpaired) electrons. The smallest absolute Gasteiger partial charge is 0.120 e. The van der Waals surface area contributed by atoms with Gasteiger partial charge >= 0.3 is 0 Å². The molecule has 1 saturated heterocycles. The highest BCUT2D eigenvalue weighted by Crippen LogP contribution is 2.17. The molecule has 0 amide bonds. The van der Waals surface area contributed by atoms with Gasteiger partial charge in [0, 0.05) is 6.54 Å². The molecule has 2 rings (SSSR count). The molecule has 0 spiro atoms. The first-order valence-electron chi connectivity index (χ1n) is 7.42. The zero-order valence-electron chi connectivity index (χ0n) is 12.5. The Bertz CT molecular complexity index is 406.